The maximum atomic E-state index is 7.39. The van der Waals surface area contributed by atoms with Crippen molar-refractivity contribution in [2.24, 2.45) is 11.7 Å². The van der Waals surface area contributed by atoms with Crippen LogP contribution in [0.5, 0.6) is 0 Å². The highest BCUT2D eigenvalue weighted by atomic mass is 32.1. The van der Waals surface area contributed by atoms with Crippen molar-refractivity contribution in [3.8, 4) is 0 Å². The van der Waals surface area contributed by atoms with E-state index in [0.29, 0.717) is 0 Å². The lowest BCUT2D eigenvalue weighted by Gasteiger charge is -2.23. The molecule has 0 bridgehead atoms. The summed E-state index contributed by atoms with van der Waals surface area (Å²) in [6, 6.07) is 4.27. The van der Waals surface area contributed by atoms with Crippen molar-refractivity contribution in [3.63, 3.8) is 0 Å². The third-order valence-electron chi connectivity index (χ3n) is 2.76. The van der Waals surface area contributed by atoms with E-state index < -0.39 is 0 Å². The average molecular weight is 239 g/mol. The van der Waals surface area contributed by atoms with Gasteiger partial charge in [0.25, 0.3) is 0 Å². The molecule has 0 aliphatic rings. The van der Waals surface area contributed by atoms with Gasteiger partial charge in [0, 0.05) is 23.9 Å². The monoisotopic (exact) mass is 239 g/mol. The summed E-state index contributed by atoms with van der Waals surface area (Å²) in [4.78, 5) is 3.78. The average Bonchev–Trinajstić information content (AvgIpc) is 2.76. The highest BCUT2D eigenvalue weighted by Gasteiger charge is 2.10. The van der Waals surface area contributed by atoms with Crippen molar-refractivity contribution in [1.82, 2.24) is 4.90 Å². The summed E-state index contributed by atoms with van der Waals surface area (Å²) in [6.45, 7) is 7.12. The van der Waals surface area contributed by atoms with Crippen LogP contribution < -0.4 is 5.73 Å². The Bertz CT molecular complexity index is 308. The Kier molecular flexibility index (Phi) is 5.49. The molecule has 1 heterocycles. The Morgan fingerprint density at radius 1 is 1.62 bits per heavy atom. The number of amidine groups is 1. The molecule has 0 fully saturated rings. The molecule has 1 unspecified atom stereocenters. The number of nitrogens with one attached hydrogen (secondary N) is 1. The molecule has 0 aromatic carbocycles. The number of rotatable bonds is 7. The molecule has 0 aliphatic carbocycles. The van der Waals surface area contributed by atoms with Crippen LogP contribution in [0.3, 0.4) is 0 Å². The number of hydrogen-bond acceptors (Lipinski definition) is 3. The minimum atomic E-state index is 0.156. The van der Waals surface area contributed by atoms with Crippen LogP contribution in [0.2, 0.25) is 0 Å². The minimum Gasteiger partial charge on any atom is -0.387 e. The molecule has 3 N–H and O–H groups in total. The van der Waals surface area contributed by atoms with Gasteiger partial charge < -0.3 is 10.6 Å². The fourth-order valence-corrected chi connectivity index (χ4v) is 2.29. The zero-order chi connectivity index (χ0) is 12.0. The van der Waals surface area contributed by atoms with Gasteiger partial charge >= 0.3 is 0 Å². The van der Waals surface area contributed by atoms with Crippen molar-refractivity contribution in [3.05, 3.63) is 22.4 Å². The third-order valence-corrected chi connectivity index (χ3v) is 3.70. The Labute approximate surface area is 102 Å². The molecular weight excluding hydrogens is 218 g/mol. The number of thiophene rings is 1. The van der Waals surface area contributed by atoms with Crippen LogP contribution in [0.1, 0.15) is 18.7 Å². The molecule has 1 rings (SSSR count). The zero-order valence-corrected chi connectivity index (χ0v) is 10.9. The first-order valence-corrected chi connectivity index (χ1v) is 6.60. The molecule has 0 aliphatic heterocycles. The van der Waals surface area contributed by atoms with E-state index in [2.05, 4.69) is 29.3 Å². The van der Waals surface area contributed by atoms with E-state index in [1.54, 1.807) is 11.3 Å². The van der Waals surface area contributed by atoms with E-state index in [4.69, 9.17) is 11.1 Å². The molecule has 0 radical (unpaired) electrons. The molecule has 4 heteroatoms. The summed E-state index contributed by atoms with van der Waals surface area (Å²) in [6.07, 6.45) is 1.09. The predicted molar refractivity (Wildman–Crippen MR) is 71.2 cm³/mol. The van der Waals surface area contributed by atoms with Crippen LogP contribution >= 0.6 is 11.3 Å². The number of nitrogens with zero attached hydrogens (tertiary/aromatic N) is 1. The second-order valence-corrected chi connectivity index (χ2v) is 5.11. The van der Waals surface area contributed by atoms with Gasteiger partial charge in [0.05, 0.1) is 5.84 Å². The van der Waals surface area contributed by atoms with Crippen molar-refractivity contribution in [1.29, 1.82) is 5.41 Å². The summed E-state index contributed by atoms with van der Waals surface area (Å²) >= 11 is 1.81. The van der Waals surface area contributed by atoms with E-state index >= 15 is 0 Å². The van der Waals surface area contributed by atoms with Crippen LogP contribution in [0.4, 0.5) is 0 Å². The molecule has 0 spiro atoms. The number of likely N-dealkylation sites (N-methyl/N-ethyl adjacent to an activating group) is 1. The van der Waals surface area contributed by atoms with Gasteiger partial charge in [-0.1, -0.05) is 19.9 Å². The minimum absolute atomic E-state index is 0.156. The van der Waals surface area contributed by atoms with Crippen LogP contribution in [0.25, 0.3) is 0 Å². The maximum Gasteiger partial charge on any atom is 0.0947 e. The maximum absolute atomic E-state index is 7.39. The molecule has 1 atom stereocenters. The van der Waals surface area contributed by atoms with Crippen molar-refractivity contribution >= 4 is 17.2 Å². The summed E-state index contributed by atoms with van der Waals surface area (Å²) in [5.41, 5.74) is 5.49. The van der Waals surface area contributed by atoms with Crippen molar-refractivity contribution < 1.29 is 0 Å². The largest absolute Gasteiger partial charge is 0.387 e. The normalized spacial score (nSPS) is 12.9. The van der Waals surface area contributed by atoms with Gasteiger partial charge in [-0.2, -0.15) is 0 Å². The highest BCUT2D eigenvalue weighted by Crippen LogP contribution is 2.10. The molecule has 0 amide bonds. The van der Waals surface area contributed by atoms with E-state index in [0.717, 1.165) is 26.1 Å². The third kappa shape index (κ3) is 4.33. The van der Waals surface area contributed by atoms with Crippen LogP contribution in [0.15, 0.2) is 17.5 Å². The van der Waals surface area contributed by atoms with Crippen molar-refractivity contribution in [2.45, 2.75) is 20.3 Å². The van der Waals surface area contributed by atoms with Gasteiger partial charge in [0.15, 0.2) is 0 Å². The van der Waals surface area contributed by atoms with E-state index in [1.807, 2.05) is 6.92 Å². The van der Waals surface area contributed by atoms with Gasteiger partial charge in [0.1, 0.15) is 0 Å². The Morgan fingerprint density at radius 3 is 2.88 bits per heavy atom. The topological polar surface area (TPSA) is 53.1 Å². The highest BCUT2D eigenvalue weighted by molar-refractivity contribution is 7.09. The Balaban J connectivity index is 2.34. The molecule has 16 heavy (non-hydrogen) atoms. The van der Waals surface area contributed by atoms with E-state index in [-0.39, 0.29) is 11.8 Å². The standard InChI is InChI=1S/C12H21N3S/c1-3-15(9-10(2)12(13)14)7-6-11-5-4-8-16-11/h4-5,8,10H,3,6-7,9H2,1-2H3,(H3,13,14). The summed E-state index contributed by atoms with van der Waals surface area (Å²) in [7, 11) is 0. The van der Waals surface area contributed by atoms with Gasteiger partial charge in [-0.15, -0.1) is 11.3 Å². The molecular formula is C12H21N3S. The Hall–Kier alpha value is -0.870. The smallest absolute Gasteiger partial charge is 0.0947 e. The second kappa shape index (κ2) is 6.66. The summed E-state index contributed by atoms with van der Waals surface area (Å²) in [5.74, 6) is 0.442. The lowest BCUT2D eigenvalue weighted by Crippen LogP contribution is -2.35. The fraction of sp³-hybridized carbons (Fsp3) is 0.583. The molecule has 1 aromatic heterocycles. The second-order valence-electron chi connectivity index (χ2n) is 4.08. The summed E-state index contributed by atoms with van der Waals surface area (Å²) < 4.78 is 0. The van der Waals surface area contributed by atoms with E-state index in [9.17, 15) is 0 Å². The first-order valence-electron chi connectivity index (χ1n) is 5.72. The molecule has 1 aromatic rings. The summed E-state index contributed by atoms with van der Waals surface area (Å²) in [5, 5.41) is 9.51. The quantitative estimate of drug-likeness (QED) is 0.566. The van der Waals surface area contributed by atoms with Crippen molar-refractivity contribution in [2.75, 3.05) is 19.6 Å². The first-order chi connectivity index (χ1) is 7.63. The first kappa shape index (κ1) is 13.2. The van der Waals surface area contributed by atoms with Crippen LogP contribution in [-0.2, 0) is 6.42 Å². The molecule has 0 saturated heterocycles. The number of nitrogens with two attached hydrogens (primary N) is 1. The Morgan fingerprint density at radius 2 is 2.38 bits per heavy atom. The zero-order valence-electron chi connectivity index (χ0n) is 10.1. The van der Waals surface area contributed by atoms with Crippen LogP contribution in [-0.4, -0.2) is 30.4 Å². The molecule has 3 nitrogen and oxygen atoms in total. The SMILES string of the molecule is CCN(CCc1cccs1)CC(C)C(=N)N. The van der Waals surface area contributed by atoms with Gasteiger partial charge in [-0.3, -0.25) is 5.41 Å². The van der Waals surface area contributed by atoms with Gasteiger partial charge in [0.2, 0.25) is 0 Å². The van der Waals surface area contributed by atoms with Gasteiger partial charge in [-0.25, -0.2) is 0 Å². The predicted octanol–water partition coefficient (Wildman–Crippen LogP) is 2.18. The van der Waals surface area contributed by atoms with Gasteiger partial charge in [-0.05, 0) is 24.4 Å². The molecule has 0 saturated carbocycles. The number of hydrogen-bond donors (Lipinski definition) is 2. The lowest BCUT2D eigenvalue weighted by molar-refractivity contribution is 0.275. The van der Waals surface area contributed by atoms with Crippen LogP contribution in [0, 0.1) is 11.3 Å². The molecule has 90 valence electrons. The van der Waals surface area contributed by atoms with E-state index in [1.165, 1.54) is 4.88 Å². The fourth-order valence-electron chi connectivity index (χ4n) is 1.59. The lowest BCUT2D eigenvalue weighted by atomic mass is 10.1.